The van der Waals surface area contributed by atoms with Crippen molar-refractivity contribution in [3.8, 4) is 0 Å². The first kappa shape index (κ1) is 76.7. The summed E-state index contributed by atoms with van der Waals surface area (Å²) in [5.41, 5.74) is 9.65. The van der Waals surface area contributed by atoms with Crippen molar-refractivity contribution < 1.29 is 38.4 Å². The van der Waals surface area contributed by atoms with Crippen LogP contribution in [0, 0.1) is 0 Å². The molecule has 4 fully saturated rings. The Morgan fingerprint density at radius 3 is 0.630 bits per heavy atom. The quantitative estimate of drug-likeness (QED) is 0.0525. The van der Waals surface area contributed by atoms with E-state index in [1.54, 1.807) is 0 Å². The van der Waals surface area contributed by atoms with Crippen LogP contribution in [0.4, 0.5) is 0 Å². The van der Waals surface area contributed by atoms with Crippen molar-refractivity contribution in [2.45, 2.75) is 309 Å². The van der Waals surface area contributed by atoms with Gasteiger partial charge >= 0.3 is 0 Å². The van der Waals surface area contributed by atoms with Gasteiger partial charge in [-0.25, -0.2) is 0 Å². The molecule has 544 valence electrons. The van der Waals surface area contributed by atoms with E-state index in [1.165, 1.54) is 44.5 Å². The van der Waals surface area contributed by atoms with Crippen LogP contribution in [0.2, 0.25) is 0 Å². The largest absolute Gasteiger partial charge is 0.352 e. The number of nitrogens with one attached hydrogen (secondary N) is 8. The second-order valence-corrected chi connectivity index (χ2v) is 31.2. The van der Waals surface area contributed by atoms with Crippen LogP contribution in [-0.4, -0.2) is 164 Å². The van der Waals surface area contributed by atoms with E-state index in [4.69, 9.17) is 0 Å². The first-order valence-electron chi connectivity index (χ1n) is 37.4. The average molecular weight is 1370 g/mol. The van der Waals surface area contributed by atoms with Crippen LogP contribution in [0.5, 0.6) is 0 Å². The smallest absolute Gasteiger partial charge is 0.243 e. The Bertz CT molecular complexity index is 3080. The Balaban J connectivity index is 0.000000156. The molecule has 0 aromatic heterocycles. The van der Waals surface area contributed by atoms with E-state index >= 15 is 0 Å². The summed E-state index contributed by atoms with van der Waals surface area (Å²) < 4.78 is 0. The lowest BCUT2D eigenvalue weighted by Gasteiger charge is -2.32. The van der Waals surface area contributed by atoms with Gasteiger partial charge in [-0.1, -0.05) is 152 Å². The molecule has 8 aliphatic heterocycles. The molecule has 8 heterocycles. The fourth-order valence-electron chi connectivity index (χ4n) is 16.5. The summed E-state index contributed by atoms with van der Waals surface area (Å²) in [7, 11) is 0. The number of rotatable bonds is 16. The molecule has 12 rings (SSSR count). The third-order valence-electron chi connectivity index (χ3n) is 20.2. The van der Waals surface area contributed by atoms with Crippen LogP contribution in [0.15, 0.2) is 97.1 Å². The Labute approximate surface area is 595 Å². The van der Waals surface area contributed by atoms with Crippen molar-refractivity contribution in [2.75, 3.05) is 0 Å². The Morgan fingerprint density at radius 2 is 0.460 bits per heavy atom. The second-order valence-electron chi connectivity index (χ2n) is 31.2. The maximum Gasteiger partial charge on any atom is 0.243 e. The zero-order valence-electron chi connectivity index (χ0n) is 62.3. The number of hydrogen-bond donors (Lipinski definition) is 8. The highest BCUT2D eigenvalue weighted by Gasteiger charge is 2.51. The van der Waals surface area contributed by atoms with Crippen LogP contribution in [0.1, 0.15) is 231 Å². The Morgan fingerprint density at radius 1 is 0.280 bits per heavy atom. The van der Waals surface area contributed by atoms with Crippen LogP contribution < -0.4 is 42.5 Å². The molecule has 0 unspecified atom stereocenters. The van der Waals surface area contributed by atoms with Gasteiger partial charge in [0.1, 0.15) is 24.2 Å². The minimum atomic E-state index is -0.373. The van der Waals surface area contributed by atoms with E-state index in [0.717, 1.165) is 51.4 Å². The summed E-state index contributed by atoms with van der Waals surface area (Å²) in [4.78, 5) is 111. The molecule has 0 saturated carbocycles. The molecular formula is C80H116N12O8. The van der Waals surface area contributed by atoms with E-state index in [9.17, 15) is 38.4 Å². The topological polar surface area (TPSA) is 246 Å². The number of carbonyl (C=O) groups is 8. The van der Waals surface area contributed by atoms with Crippen molar-refractivity contribution in [3.63, 3.8) is 0 Å². The molecule has 0 aliphatic carbocycles. The molecule has 0 radical (unpaired) electrons. The standard InChI is InChI=1S/4C20H29N3O2/c4*1-12(2)21-16-11-14-7-5-6-8-15(14)17-9-10-18(23(17)20(16)25)19(24)22-13(3)4/h4*5-8,12-13,16-18,21H,9-11H2,1-4H3,(H,22,24)/t16-,17+,18+;16-,17+,18-;16-,17-,18+;16-,17-,18-/m1010/s1. The molecule has 4 saturated heterocycles. The maximum atomic E-state index is 13.3. The van der Waals surface area contributed by atoms with Gasteiger partial charge in [-0.3, -0.25) is 38.4 Å². The minimum absolute atomic E-state index is 0.00516. The average Bonchev–Trinajstić information content (AvgIpc) is 1.64. The third kappa shape index (κ3) is 18.0. The van der Waals surface area contributed by atoms with Gasteiger partial charge in [-0.15, -0.1) is 0 Å². The highest BCUT2D eigenvalue weighted by Crippen LogP contribution is 2.45. The van der Waals surface area contributed by atoms with E-state index in [2.05, 4.69) is 146 Å². The maximum absolute atomic E-state index is 13.3. The first-order valence-corrected chi connectivity index (χ1v) is 37.4. The molecule has 4 aromatic carbocycles. The molecule has 20 nitrogen and oxygen atoms in total. The van der Waals surface area contributed by atoms with Gasteiger partial charge in [-0.2, -0.15) is 0 Å². The molecule has 12 atom stereocenters. The van der Waals surface area contributed by atoms with E-state index < -0.39 is 0 Å². The van der Waals surface area contributed by atoms with Gasteiger partial charge in [0.15, 0.2) is 0 Å². The van der Waals surface area contributed by atoms with Crippen LogP contribution >= 0.6 is 0 Å². The molecule has 20 heteroatoms. The second kappa shape index (κ2) is 34.0. The zero-order valence-corrected chi connectivity index (χ0v) is 62.3. The predicted octanol–water partition coefficient (Wildman–Crippen LogP) is 8.66. The summed E-state index contributed by atoms with van der Waals surface area (Å²) in [5, 5.41) is 25.5. The zero-order chi connectivity index (χ0) is 72.5. The number of nitrogens with zero attached hydrogens (tertiary/aromatic N) is 4. The van der Waals surface area contributed by atoms with Crippen molar-refractivity contribution in [1.82, 2.24) is 62.1 Å². The molecule has 8 aliphatic rings. The van der Waals surface area contributed by atoms with Crippen LogP contribution in [0.25, 0.3) is 0 Å². The Kier molecular flexibility index (Phi) is 26.0. The number of amides is 8. The lowest BCUT2D eigenvalue weighted by Crippen LogP contribution is -2.54. The van der Waals surface area contributed by atoms with E-state index in [1.807, 2.05) is 124 Å². The molecule has 0 bridgehead atoms. The number of carbonyl (C=O) groups excluding carboxylic acids is 8. The highest BCUT2D eigenvalue weighted by molar-refractivity contribution is 5.94. The van der Waals surface area contributed by atoms with Gasteiger partial charge in [-0.05, 0) is 177 Å². The summed E-state index contributed by atoms with van der Waals surface area (Å²) in [6.07, 6.45) is 8.96. The Hall–Kier alpha value is -7.52. The molecule has 8 N–H and O–H groups in total. The highest BCUT2D eigenvalue weighted by atomic mass is 16.2. The van der Waals surface area contributed by atoms with Crippen molar-refractivity contribution >= 4 is 47.3 Å². The number of hydrogen-bond acceptors (Lipinski definition) is 12. The first-order chi connectivity index (χ1) is 47.5. The normalized spacial score (nSPS) is 25.8. The SMILES string of the molecule is CC(C)NC(=O)[C@@H]1CC[C@@H]2c3ccccc3C[C@@H](NC(C)C)C(=O)N21.CC(C)NC(=O)[C@@H]1CC[C@@H]2c3ccccc3C[C@H](NC(C)C)C(=O)N21.CC(C)NC(=O)[C@@H]1CC[C@H]2c3ccccc3C[C@@H](NC(C)C)C(=O)N12.CC(C)NC(=O)[C@@H]1CC[C@H]2c3ccccc3C[C@H](NC(C)C)C(=O)N12. The van der Waals surface area contributed by atoms with Gasteiger partial charge in [0.25, 0.3) is 0 Å². The summed E-state index contributed by atoms with van der Waals surface area (Å²) in [6.45, 7) is 32.0. The van der Waals surface area contributed by atoms with E-state index in [-0.39, 0.29) is 168 Å². The lowest BCUT2D eigenvalue weighted by atomic mass is 9.96. The molecule has 8 amide bonds. The fraction of sp³-hybridized carbons (Fsp3) is 0.600. The van der Waals surface area contributed by atoms with Gasteiger partial charge in [0.05, 0.1) is 48.3 Å². The molecule has 4 aromatic rings. The molecule has 0 spiro atoms. The van der Waals surface area contributed by atoms with Crippen molar-refractivity contribution in [3.05, 3.63) is 142 Å². The van der Waals surface area contributed by atoms with Crippen LogP contribution in [0.3, 0.4) is 0 Å². The summed E-state index contributed by atoms with van der Waals surface area (Å²) in [6, 6.07) is 31.7. The monoisotopic (exact) mass is 1370 g/mol. The van der Waals surface area contributed by atoms with E-state index in [0.29, 0.717) is 25.7 Å². The summed E-state index contributed by atoms with van der Waals surface area (Å²) >= 11 is 0. The number of fused-ring (bicyclic) bond motifs is 12. The lowest BCUT2D eigenvalue weighted by molar-refractivity contribution is -0.142. The van der Waals surface area contributed by atoms with Crippen molar-refractivity contribution in [1.29, 1.82) is 0 Å². The van der Waals surface area contributed by atoms with Gasteiger partial charge in [0, 0.05) is 48.3 Å². The molecule has 100 heavy (non-hydrogen) atoms. The summed E-state index contributed by atoms with van der Waals surface area (Å²) in [5.74, 6) is 0.0735. The van der Waals surface area contributed by atoms with Crippen LogP contribution in [-0.2, 0) is 64.0 Å². The number of benzene rings is 4. The van der Waals surface area contributed by atoms with Crippen molar-refractivity contribution in [2.24, 2.45) is 0 Å². The third-order valence-corrected chi connectivity index (χ3v) is 20.2. The fourth-order valence-corrected chi connectivity index (χ4v) is 16.5. The molecular weight excluding hydrogens is 1260 g/mol. The predicted molar refractivity (Wildman–Crippen MR) is 392 cm³/mol. The van der Waals surface area contributed by atoms with Gasteiger partial charge in [0.2, 0.25) is 47.3 Å². The van der Waals surface area contributed by atoms with Gasteiger partial charge < -0.3 is 62.1 Å². The minimum Gasteiger partial charge on any atom is -0.352 e.